The van der Waals surface area contributed by atoms with Crippen LogP contribution in [0.2, 0.25) is 10.0 Å². The average molecular weight is 382 g/mol. The summed E-state index contributed by atoms with van der Waals surface area (Å²) in [6, 6.07) is 14.0. The summed E-state index contributed by atoms with van der Waals surface area (Å²) in [5.74, 6) is -0.182. The number of ether oxygens (including phenoxy) is 2. The highest BCUT2D eigenvalue weighted by atomic mass is 35.5. The second-order valence-corrected chi connectivity index (χ2v) is 6.00. The predicted octanol–water partition coefficient (Wildman–Crippen LogP) is 4.33. The molecular formula is C18H17Cl2NO4. The number of esters is 1. The molecule has 2 aromatic rings. The Labute approximate surface area is 155 Å². The fourth-order valence-electron chi connectivity index (χ4n) is 1.96. The van der Waals surface area contributed by atoms with Crippen LogP contribution in [0.1, 0.15) is 12.8 Å². The van der Waals surface area contributed by atoms with E-state index in [1.54, 1.807) is 18.2 Å². The molecular weight excluding hydrogens is 365 g/mol. The maximum atomic E-state index is 11.8. The van der Waals surface area contributed by atoms with E-state index in [4.69, 9.17) is 32.7 Å². The first kappa shape index (κ1) is 19.1. The van der Waals surface area contributed by atoms with E-state index in [1.165, 1.54) is 0 Å². The van der Waals surface area contributed by atoms with Crippen molar-refractivity contribution in [2.75, 3.05) is 18.5 Å². The third-order valence-corrected chi connectivity index (χ3v) is 3.48. The lowest BCUT2D eigenvalue weighted by Gasteiger charge is -2.08. The van der Waals surface area contributed by atoms with Crippen LogP contribution in [0.5, 0.6) is 5.75 Å². The molecule has 0 atom stereocenters. The van der Waals surface area contributed by atoms with Gasteiger partial charge < -0.3 is 14.8 Å². The minimum atomic E-state index is -0.466. The fourth-order valence-corrected chi connectivity index (χ4v) is 2.49. The molecule has 25 heavy (non-hydrogen) atoms. The first-order chi connectivity index (χ1) is 12.0. The van der Waals surface area contributed by atoms with Crippen LogP contribution in [0.15, 0.2) is 48.5 Å². The van der Waals surface area contributed by atoms with Gasteiger partial charge in [-0.25, -0.2) is 0 Å². The number of rotatable bonds is 8. The molecule has 0 aliphatic carbocycles. The van der Waals surface area contributed by atoms with E-state index in [2.05, 4.69) is 5.32 Å². The zero-order valence-electron chi connectivity index (χ0n) is 13.3. The van der Waals surface area contributed by atoms with Gasteiger partial charge in [-0.15, -0.1) is 0 Å². The van der Waals surface area contributed by atoms with E-state index in [1.807, 2.05) is 30.3 Å². The molecule has 0 aliphatic heterocycles. The van der Waals surface area contributed by atoms with E-state index in [9.17, 15) is 9.59 Å². The smallest absolute Gasteiger partial charge is 0.306 e. The second-order valence-electron chi connectivity index (χ2n) is 5.13. The lowest BCUT2D eigenvalue weighted by Crippen LogP contribution is -2.21. The normalized spacial score (nSPS) is 10.2. The van der Waals surface area contributed by atoms with Crippen LogP contribution in [-0.2, 0) is 14.3 Å². The highest BCUT2D eigenvalue weighted by Gasteiger charge is 2.09. The topological polar surface area (TPSA) is 64.6 Å². The molecule has 0 heterocycles. The van der Waals surface area contributed by atoms with Gasteiger partial charge in [0.1, 0.15) is 5.75 Å². The first-order valence-corrected chi connectivity index (χ1v) is 8.38. The number of hydrogen-bond donors (Lipinski definition) is 1. The monoisotopic (exact) mass is 381 g/mol. The van der Waals surface area contributed by atoms with Gasteiger partial charge in [0.05, 0.1) is 6.61 Å². The summed E-state index contributed by atoms with van der Waals surface area (Å²) in [5.41, 5.74) is 0.440. The summed E-state index contributed by atoms with van der Waals surface area (Å²) in [4.78, 5) is 23.4. The SMILES string of the molecule is O=C(COC(=O)CCCOc1ccccc1)Nc1cc(Cl)cc(Cl)c1. The Hall–Kier alpha value is -2.24. The molecule has 0 radical (unpaired) electrons. The van der Waals surface area contributed by atoms with Crippen molar-refractivity contribution in [3.63, 3.8) is 0 Å². The number of nitrogens with one attached hydrogen (secondary N) is 1. The second kappa shape index (κ2) is 9.91. The first-order valence-electron chi connectivity index (χ1n) is 7.62. The Morgan fingerprint density at radius 1 is 1.00 bits per heavy atom. The van der Waals surface area contributed by atoms with Gasteiger partial charge in [0.2, 0.25) is 0 Å². The summed E-state index contributed by atoms with van der Waals surface area (Å²) in [6.45, 7) is 0.0227. The highest BCUT2D eigenvalue weighted by Crippen LogP contribution is 2.22. The van der Waals surface area contributed by atoms with Gasteiger partial charge in [0, 0.05) is 22.2 Å². The summed E-state index contributed by atoms with van der Waals surface area (Å²) >= 11 is 11.7. The Morgan fingerprint density at radius 2 is 1.68 bits per heavy atom. The van der Waals surface area contributed by atoms with Gasteiger partial charge in [-0.2, -0.15) is 0 Å². The van der Waals surface area contributed by atoms with E-state index in [0.29, 0.717) is 28.8 Å². The molecule has 0 saturated heterocycles. The number of benzene rings is 2. The number of hydrogen-bond acceptors (Lipinski definition) is 4. The molecule has 1 N–H and O–H groups in total. The maximum absolute atomic E-state index is 11.8. The lowest BCUT2D eigenvalue weighted by molar-refractivity contribution is -0.147. The number of carbonyl (C=O) groups is 2. The molecule has 0 unspecified atom stereocenters. The van der Waals surface area contributed by atoms with Gasteiger partial charge in [0.25, 0.3) is 5.91 Å². The Balaban J connectivity index is 1.63. The van der Waals surface area contributed by atoms with Crippen molar-refractivity contribution in [2.24, 2.45) is 0 Å². The molecule has 0 aromatic heterocycles. The van der Waals surface area contributed by atoms with Crippen molar-refractivity contribution >= 4 is 40.8 Å². The molecule has 5 nitrogen and oxygen atoms in total. The van der Waals surface area contributed by atoms with Gasteiger partial charge >= 0.3 is 5.97 Å². The van der Waals surface area contributed by atoms with Crippen molar-refractivity contribution in [1.29, 1.82) is 0 Å². The molecule has 0 aliphatic rings. The van der Waals surface area contributed by atoms with Crippen LogP contribution in [0.25, 0.3) is 0 Å². The van der Waals surface area contributed by atoms with E-state index < -0.39 is 11.9 Å². The summed E-state index contributed by atoms with van der Waals surface area (Å²) < 4.78 is 10.4. The lowest BCUT2D eigenvalue weighted by atomic mass is 10.3. The number of anilines is 1. The molecule has 1 amide bonds. The maximum Gasteiger partial charge on any atom is 0.306 e. The zero-order chi connectivity index (χ0) is 18.1. The van der Waals surface area contributed by atoms with Crippen molar-refractivity contribution in [2.45, 2.75) is 12.8 Å². The van der Waals surface area contributed by atoms with Crippen molar-refractivity contribution in [1.82, 2.24) is 0 Å². The fraction of sp³-hybridized carbons (Fsp3) is 0.222. The van der Waals surface area contributed by atoms with Crippen molar-refractivity contribution < 1.29 is 19.1 Å². The Morgan fingerprint density at radius 3 is 2.36 bits per heavy atom. The van der Waals surface area contributed by atoms with Gasteiger partial charge in [-0.1, -0.05) is 41.4 Å². The van der Waals surface area contributed by atoms with Crippen LogP contribution in [0, 0.1) is 0 Å². The van der Waals surface area contributed by atoms with E-state index in [0.717, 1.165) is 5.75 Å². The molecule has 7 heteroatoms. The summed E-state index contributed by atoms with van der Waals surface area (Å²) in [6.07, 6.45) is 0.669. The summed E-state index contributed by atoms with van der Waals surface area (Å²) in [7, 11) is 0. The Bertz CT molecular complexity index is 702. The minimum Gasteiger partial charge on any atom is -0.494 e. The average Bonchev–Trinajstić information content (AvgIpc) is 2.57. The van der Waals surface area contributed by atoms with Gasteiger partial charge in [-0.3, -0.25) is 9.59 Å². The number of amides is 1. The number of para-hydroxylation sites is 1. The van der Waals surface area contributed by atoms with Crippen LogP contribution >= 0.6 is 23.2 Å². The third-order valence-electron chi connectivity index (χ3n) is 3.05. The van der Waals surface area contributed by atoms with Gasteiger partial charge in [0.15, 0.2) is 6.61 Å². The van der Waals surface area contributed by atoms with E-state index >= 15 is 0 Å². The zero-order valence-corrected chi connectivity index (χ0v) is 14.8. The Kier molecular flexibility index (Phi) is 7.57. The van der Waals surface area contributed by atoms with Crippen LogP contribution in [0.4, 0.5) is 5.69 Å². The standard InChI is InChI=1S/C18H17Cl2NO4/c19-13-9-14(20)11-15(10-13)21-17(22)12-25-18(23)7-4-8-24-16-5-2-1-3-6-16/h1-3,5-6,9-11H,4,7-8,12H2,(H,21,22). The van der Waals surface area contributed by atoms with E-state index in [-0.39, 0.29) is 13.0 Å². The molecule has 132 valence electrons. The molecule has 0 fully saturated rings. The highest BCUT2D eigenvalue weighted by molar-refractivity contribution is 6.35. The molecule has 0 spiro atoms. The summed E-state index contributed by atoms with van der Waals surface area (Å²) in [5, 5.41) is 3.36. The third kappa shape index (κ3) is 7.45. The number of carbonyl (C=O) groups excluding carboxylic acids is 2. The van der Waals surface area contributed by atoms with Crippen molar-refractivity contribution in [3.05, 3.63) is 58.6 Å². The molecule has 2 aromatic carbocycles. The largest absolute Gasteiger partial charge is 0.494 e. The van der Waals surface area contributed by atoms with Crippen LogP contribution in [-0.4, -0.2) is 25.1 Å². The van der Waals surface area contributed by atoms with Gasteiger partial charge in [-0.05, 0) is 36.8 Å². The molecule has 0 bridgehead atoms. The minimum absolute atomic E-state index is 0.170. The molecule has 0 saturated carbocycles. The van der Waals surface area contributed by atoms with Crippen LogP contribution < -0.4 is 10.1 Å². The molecule has 2 rings (SSSR count). The van der Waals surface area contributed by atoms with Crippen LogP contribution in [0.3, 0.4) is 0 Å². The predicted molar refractivity (Wildman–Crippen MR) is 97.2 cm³/mol. The number of halogens is 2. The quantitative estimate of drug-likeness (QED) is 0.545. The van der Waals surface area contributed by atoms with Crippen molar-refractivity contribution in [3.8, 4) is 5.75 Å².